The van der Waals surface area contributed by atoms with E-state index in [1.165, 1.54) is 103 Å². The lowest BCUT2D eigenvalue weighted by molar-refractivity contribution is -0.167. The largest absolute Gasteiger partial charge is 0.462 e. The number of unbranched alkanes of at least 4 members (excludes halogenated alkanes) is 23. The molecule has 0 radical (unpaired) electrons. The highest BCUT2D eigenvalue weighted by Gasteiger charge is 2.19. The zero-order valence-electron chi connectivity index (χ0n) is 53.7. The van der Waals surface area contributed by atoms with Crippen LogP contribution < -0.4 is 0 Å². The van der Waals surface area contributed by atoms with Gasteiger partial charge in [0, 0.05) is 19.3 Å². The summed E-state index contributed by atoms with van der Waals surface area (Å²) in [7, 11) is 0. The van der Waals surface area contributed by atoms with Gasteiger partial charge < -0.3 is 14.2 Å². The molecule has 0 saturated carbocycles. The van der Waals surface area contributed by atoms with E-state index in [0.29, 0.717) is 19.3 Å². The summed E-state index contributed by atoms with van der Waals surface area (Å²) in [5.41, 5.74) is 0. The van der Waals surface area contributed by atoms with Crippen LogP contribution in [0.5, 0.6) is 0 Å². The lowest BCUT2D eigenvalue weighted by Crippen LogP contribution is -2.30. The van der Waals surface area contributed by atoms with E-state index in [0.717, 1.165) is 148 Å². The van der Waals surface area contributed by atoms with Crippen LogP contribution in [0.25, 0.3) is 0 Å². The molecule has 0 aliphatic rings. The normalized spacial score (nSPS) is 13.1. The Hall–Kier alpha value is -4.97. The van der Waals surface area contributed by atoms with Crippen molar-refractivity contribution in [2.24, 2.45) is 0 Å². The number of carbonyl (C=O) groups excluding carboxylic acids is 3. The van der Waals surface area contributed by atoms with E-state index in [-0.39, 0.29) is 31.1 Å². The molecule has 6 nitrogen and oxygen atoms in total. The summed E-state index contributed by atoms with van der Waals surface area (Å²) >= 11 is 0. The molecule has 0 fully saturated rings. The van der Waals surface area contributed by atoms with Crippen LogP contribution in [0.3, 0.4) is 0 Å². The summed E-state index contributed by atoms with van der Waals surface area (Å²) in [5, 5.41) is 0. The summed E-state index contributed by atoms with van der Waals surface area (Å²) in [6, 6.07) is 0. The smallest absolute Gasteiger partial charge is 0.306 e. The maximum Gasteiger partial charge on any atom is 0.306 e. The zero-order chi connectivity index (χ0) is 59.9. The Labute approximate surface area is 511 Å². The van der Waals surface area contributed by atoms with Crippen LogP contribution in [0.4, 0.5) is 0 Å². The lowest BCUT2D eigenvalue weighted by Gasteiger charge is -2.18. The molecule has 0 aromatic rings. The molecule has 0 rings (SSSR count). The molecule has 0 aliphatic heterocycles. The monoisotopic (exact) mass is 1140 g/mol. The van der Waals surface area contributed by atoms with Crippen molar-refractivity contribution in [3.05, 3.63) is 158 Å². The quantitative estimate of drug-likeness (QED) is 0.0261. The first-order valence-corrected chi connectivity index (χ1v) is 34.0. The summed E-state index contributed by atoms with van der Waals surface area (Å²) < 4.78 is 16.9. The SMILES string of the molecule is CC/C=C\C/C=C\C/C=C\C/C=C\C/C=C\C/C=C\CCCCCCCCCCCCC(=O)OCC(COC(=O)CCCCC/C=C\C/C=C\C/C=C\CC)OC(=O)CCCCCCCCCCCC/C=C\C/C=C\C/C=C\C/C=C\CC. The standard InChI is InChI=1S/C77H124O6/c1-4-7-10-13-16-19-22-25-27-29-31-33-35-36-37-38-39-40-42-43-45-47-49-52-55-58-61-64-67-70-76(79)82-73-74(72-81-75(78)69-66-63-60-57-54-51-24-21-18-15-12-9-6-3)83-77(80)71-68-65-62-59-56-53-50-48-46-44-41-34-32-30-28-26-23-20-17-14-11-8-5-2/h7-12,16-21,25-28,31-34,36-37,39-40,51,54,74H,4-6,13-15,22-24,29-30,35,38,41-50,52-53,55-73H2,1-3H3/b10-7-,11-8-,12-9-,19-16-,20-17-,21-18-,27-25-,28-26-,33-31-,34-32-,37-36-,40-39-,54-51-. The van der Waals surface area contributed by atoms with Crippen LogP contribution in [0.1, 0.15) is 290 Å². The number of rotatable bonds is 60. The molecule has 468 valence electrons. The summed E-state index contributed by atoms with van der Waals surface area (Å²) in [6.07, 6.45) is 101. The van der Waals surface area contributed by atoms with Gasteiger partial charge in [0.2, 0.25) is 0 Å². The first-order chi connectivity index (χ1) is 41.0. The van der Waals surface area contributed by atoms with Crippen molar-refractivity contribution in [1.29, 1.82) is 0 Å². The lowest BCUT2D eigenvalue weighted by atomic mass is 10.0. The number of carbonyl (C=O) groups is 3. The molecule has 6 heteroatoms. The van der Waals surface area contributed by atoms with Crippen molar-refractivity contribution in [2.45, 2.75) is 297 Å². The molecule has 0 saturated heterocycles. The molecule has 0 aliphatic carbocycles. The van der Waals surface area contributed by atoms with E-state index in [1.54, 1.807) is 0 Å². The number of hydrogen-bond donors (Lipinski definition) is 0. The Morgan fingerprint density at radius 3 is 0.687 bits per heavy atom. The van der Waals surface area contributed by atoms with Gasteiger partial charge in [-0.05, 0) is 141 Å². The van der Waals surface area contributed by atoms with Gasteiger partial charge in [0.15, 0.2) is 6.10 Å². The van der Waals surface area contributed by atoms with Crippen molar-refractivity contribution in [1.82, 2.24) is 0 Å². The van der Waals surface area contributed by atoms with Gasteiger partial charge in [0.05, 0.1) is 0 Å². The number of hydrogen-bond acceptors (Lipinski definition) is 6. The third-order valence-corrected chi connectivity index (χ3v) is 14.0. The molecule has 0 heterocycles. The minimum atomic E-state index is -0.803. The van der Waals surface area contributed by atoms with Gasteiger partial charge in [-0.1, -0.05) is 288 Å². The molecular formula is C77H124O6. The molecule has 83 heavy (non-hydrogen) atoms. The number of esters is 3. The maximum atomic E-state index is 12.9. The minimum Gasteiger partial charge on any atom is -0.462 e. The molecule has 0 amide bonds. The molecule has 0 spiro atoms. The minimum absolute atomic E-state index is 0.0966. The summed E-state index contributed by atoms with van der Waals surface area (Å²) in [5.74, 6) is -0.934. The molecule has 0 aromatic heterocycles. The van der Waals surface area contributed by atoms with Gasteiger partial charge in [-0.3, -0.25) is 14.4 Å². The summed E-state index contributed by atoms with van der Waals surface area (Å²) in [4.78, 5) is 38.4. The molecule has 1 atom stereocenters. The van der Waals surface area contributed by atoms with E-state index < -0.39 is 6.10 Å². The molecule has 1 unspecified atom stereocenters. The molecule has 0 aromatic carbocycles. The molecular weight excluding hydrogens is 1020 g/mol. The Morgan fingerprint density at radius 1 is 0.241 bits per heavy atom. The van der Waals surface area contributed by atoms with Gasteiger partial charge in [0.1, 0.15) is 13.2 Å². The molecule has 0 bridgehead atoms. The van der Waals surface area contributed by atoms with Gasteiger partial charge in [0.25, 0.3) is 0 Å². The van der Waals surface area contributed by atoms with Gasteiger partial charge in [-0.2, -0.15) is 0 Å². The van der Waals surface area contributed by atoms with Crippen LogP contribution in [0.2, 0.25) is 0 Å². The van der Waals surface area contributed by atoms with Crippen LogP contribution in [0, 0.1) is 0 Å². The average molecular weight is 1150 g/mol. The number of ether oxygens (including phenoxy) is 3. The Balaban J connectivity index is 4.34. The van der Waals surface area contributed by atoms with E-state index in [2.05, 4.69) is 179 Å². The van der Waals surface area contributed by atoms with Gasteiger partial charge in [-0.25, -0.2) is 0 Å². The fraction of sp³-hybridized carbons (Fsp3) is 0.623. The van der Waals surface area contributed by atoms with Crippen LogP contribution in [-0.4, -0.2) is 37.2 Å². The van der Waals surface area contributed by atoms with Gasteiger partial charge >= 0.3 is 17.9 Å². The average Bonchev–Trinajstić information content (AvgIpc) is 3.49. The fourth-order valence-corrected chi connectivity index (χ4v) is 9.04. The predicted molar refractivity (Wildman–Crippen MR) is 362 cm³/mol. The Bertz CT molecular complexity index is 1840. The Kier molecular flexibility index (Phi) is 65.4. The third-order valence-electron chi connectivity index (χ3n) is 14.0. The van der Waals surface area contributed by atoms with Crippen LogP contribution >= 0.6 is 0 Å². The number of allylic oxidation sites excluding steroid dienone is 26. The topological polar surface area (TPSA) is 78.9 Å². The fourth-order valence-electron chi connectivity index (χ4n) is 9.04. The zero-order valence-corrected chi connectivity index (χ0v) is 53.7. The predicted octanol–water partition coefficient (Wildman–Crippen LogP) is 23.7. The van der Waals surface area contributed by atoms with E-state index in [4.69, 9.17) is 14.2 Å². The van der Waals surface area contributed by atoms with Crippen molar-refractivity contribution >= 4 is 17.9 Å². The van der Waals surface area contributed by atoms with Crippen molar-refractivity contribution in [2.75, 3.05) is 13.2 Å². The second-order valence-electron chi connectivity index (χ2n) is 21.9. The van der Waals surface area contributed by atoms with Crippen molar-refractivity contribution < 1.29 is 28.6 Å². The van der Waals surface area contributed by atoms with E-state index >= 15 is 0 Å². The Morgan fingerprint density at radius 2 is 0.434 bits per heavy atom. The first kappa shape index (κ1) is 78.0. The van der Waals surface area contributed by atoms with E-state index in [9.17, 15) is 14.4 Å². The second-order valence-corrected chi connectivity index (χ2v) is 21.9. The second kappa shape index (κ2) is 69.5. The van der Waals surface area contributed by atoms with Crippen molar-refractivity contribution in [3.8, 4) is 0 Å². The first-order valence-electron chi connectivity index (χ1n) is 34.0. The third kappa shape index (κ3) is 67.7. The van der Waals surface area contributed by atoms with Crippen molar-refractivity contribution in [3.63, 3.8) is 0 Å². The van der Waals surface area contributed by atoms with E-state index in [1.807, 2.05) is 0 Å². The summed E-state index contributed by atoms with van der Waals surface area (Å²) in [6.45, 7) is 6.28. The van der Waals surface area contributed by atoms with Crippen LogP contribution in [-0.2, 0) is 28.6 Å². The van der Waals surface area contributed by atoms with Crippen LogP contribution in [0.15, 0.2) is 158 Å². The highest BCUT2D eigenvalue weighted by molar-refractivity contribution is 5.71. The highest BCUT2D eigenvalue weighted by Crippen LogP contribution is 2.16. The van der Waals surface area contributed by atoms with Gasteiger partial charge in [-0.15, -0.1) is 0 Å². The molecule has 0 N–H and O–H groups in total. The maximum absolute atomic E-state index is 12.9. The highest BCUT2D eigenvalue weighted by atomic mass is 16.6.